The Morgan fingerprint density at radius 3 is 2.90 bits per heavy atom. The Morgan fingerprint density at radius 2 is 2.20 bits per heavy atom. The standard InChI is InChI=1S/C17H23N3/c1-20-16-5-3-12(10-18)8-15(16)19-17(20)9-14-7-11-2-4-13(14)6-11/h3,5,8,11,13-14H,2,4,6-7,9-10,18H2,1H3. The first-order valence-electron chi connectivity index (χ1n) is 7.89. The zero-order valence-corrected chi connectivity index (χ0v) is 12.2. The molecule has 2 bridgehead atoms. The van der Waals surface area contributed by atoms with E-state index in [0.29, 0.717) is 6.54 Å². The molecule has 3 atom stereocenters. The van der Waals surface area contributed by atoms with E-state index >= 15 is 0 Å². The van der Waals surface area contributed by atoms with Gasteiger partial charge in [-0.3, -0.25) is 0 Å². The van der Waals surface area contributed by atoms with Gasteiger partial charge in [-0.15, -0.1) is 0 Å². The van der Waals surface area contributed by atoms with Crippen molar-refractivity contribution in [2.75, 3.05) is 0 Å². The third-order valence-corrected chi connectivity index (χ3v) is 5.60. The Kier molecular flexibility index (Phi) is 2.84. The molecule has 1 aromatic carbocycles. The third kappa shape index (κ3) is 1.87. The van der Waals surface area contributed by atoms with E-state index in [1.165, 1.54) is 42.6 Å². The highest BCUT2D eigenvalue weighted by molar-refractivity contribution is 5.76. The number of aromatic nitrogens is 2. The fraction of sp³-hybridized carbons (Fsp3) is 0.588. The van der Waals surface area contributed by atoms with Gasteiger partial charge in [0, 0.05) is 20.0 Å². The predicted octanol–water partition coefficient (Wildman–Crippen LogP) is 3.01. The van der Waals surface area contributed by atoms with Crippen molar-refractivity contribution in [3.63, 3.8) is 0 Å². The fourth-order valence-electron chi connectivity index (χ4n) is 4.47. The first-order chi connectivity index (χ1) is 9.74. The molecule has 3 nitrogen and oxygen atoms in total. The van der Waals surface area contributed by atoms with Crippen LogP contribution in [0.15, 0.2) is 18.2 Å². The molecule has 2 fully saturated rings. The van der Waals surface area contributed by atoms with Crippen LogP contribution in [0.5, 0.6) is 0 Å². The number of imidazole rings is 1. The van der Waals surface area contributed by atoms with Crippen LogP contribution in [0.25, 0.3) is 11.0 Å². The van der Waals surface area contributed by atoms with Crippen molar-refractivity contribution in [2.45, 2.75) is 38.6 Å². The van der Waals surface area contributed by atoms with Gasteiger partial charge in [0.25, 0.3) is 0 Å². The van der Waals surface area contributed by atoms with Crippen molar-refractivity contribution in [1.82, 2.24) is 9.55 Å². The maximum absolute atomic E-state index is 5.72. The summed E-state index contributed by atoms with van der Waals surface area (Å²) >= 11 is 0. The molecule has 20 heavy (non-hydrogen) atoms. The molecule has 1 aromatic heterocycles. The topological polar surface area (TPSA) is 43.8 Å². The largest absolute Gasteiger partial charge is 0.331 e. The van der Waals surface area contributed by atoms with Gasteiger partial charge in [-0.25, -0.2) is 4.98 Å². The Labute approximate surface area is 120 Å². The molecule has 1 heterocycles. The van der Waals surface area contributed by atoms with Crippen molar-refractivity contribution in [2.24, 2.45) is 30.5 Å². The van der Waals surface area contributed by atoms with Crippen LogP contribution in [0.2, 0.25) is 0 Å². The number of rotatable bonds is 3. The number of benzene rings is 1. The third-order valence-electron chi connectivity index (χ3n) is 5.60. The van der Waals surface area contributed by atoms with E-state index in [9.17, 15) is 0 Å². The quantitative estimate of drug-likeness (QED) is 0.931. The SMILES string of the molecule is Cn1c(CC2CC3CCC2C3)nc2cc(CN)ccc21. The second-order valence-electron chi connectivity index (χ2n) is 6.75. The van der Waals surface area contributed by atoms with Gasteiger partial charge in [0.1, 0.15) is 5.82 Å². The molecule has 2 aliphatic carbocycles. The van der Waals surface area contributed by atoms with Gasteiger partial charge in [-0.1, -0.05) is 12.5 Å². The van der Waals surface area contributed by atoms with E-state index in [4.69, 9.17) is 10.7 Å². The van der Waals surface area contributed by atoms with Crippen molar-refractivity contribution in [3.8, 4) is 0 Å². The minimum atomic E-state index is 0.591. The highest BCUT2D eigenvalue weighted by Gasteiger charge is 2.39. The number of hydrogen-bond donors (Lipinski definition) is 1. The van der Waals surface area contributed by atoms with E-state index in [0.717, 1.165) is 29.7 Å². The van der Waals surface area contributed by atoms with E-state index in [2.05, 4.69) is 29.8 Å². The normalized spacial score (nSPS) is 28.6. The summed E-state index contributed by atoms with van der Waals surface area (Å²) in [7, 11) is 2.15. The van der Waals surface area contributed by atoms with E-state index in [1.807, 2.05) is 0 Å². The summed E-state index contributed by atoms with van der Waals surface area (Å²) in [5.41, 5.74) is 9.23. The van der Waals surface area contributed by atoms with Gasteiger partial charge in [-0.05, 0) is 54.7 Å². The second kappa shape index (κ2) is 4.59. The molecule has 0 radical (unpaired) electrons. The summed E-state index contributed by atoms with van der Waals surface area (Å²) in [6.07, 6.45) is 7.00. The molecule has 0 amide bonds. The van der Waals surface area contributed by atoms with Crippen molar-refractivity contribution in [3.05, 3.63) is 29.6 Å². The molecule has 106 valence electrons. The maximum atomic E-state index is 5.72. The number of hydrogen-bond acceptors (Lipinski definition) is 2. The zero-order chi connectivity index (χ0) is 13.7. The molecule has 0 spiro atoms. The lowest BCUT2D eigenvalue weighted by atomic mass is 9.86. The highest BCUT2D eigenvalue weighted by atomic mass is 15.1. The van der Waals surface area contributed by atoms with Crippen molar-refractivity contribution in [1.29, 1.82) is 0 Å². The monoisotopic (exact) mass is 269 g/mol. The Hall–Kier alpha value is -1.35. The summed E-state index contributed by atoms with van der Waals surface area (Å²) < 4.78 is 2.28. The van der Waals surface area contributed by atoms with E-state index in [1.54, 1.807) is 0 Å². The summed E-state index contributed by atoms with van der Waals surface area (Å²) in [5, 5.41) is 0. The van der Waals surface area contributed by atoms with Crippen LogP contribution >= 0.6 is 0 Å². The molecular weight excluding hydrogens is 246 g/mol. The van der Waals surface area contributed by atoms with Crippen LogP contribution in [0, 0.1) is 17.8 Å². The van der Waals surface area contributed by atoms with Gasteiger partial charge in [0.05, 0.1) is 11.0 Å². The first kappa shape index (κ1) is 12.4. The van der Waals surface area contributed by atoms with Crippen LogP contribution < -0.4 is 5.73 Å². The van der Waals surface area contributed by atoms with E-state index < -0.39 is 0 Å². The first-order valence-corrected chi connectivity index (χ1v) is 7.89. The highest BCUT2D eigenvalue weighted by Crippen LogP contribution is 2.49. The summed E-state index contributed by atoms with van der Waals surface area (Å²) in [6, 6.07) is 6.42. The second-order valence-corrected chi connectivity index (χ2v) is 6.75. The van der Waals surface area contributed by atoms with Gasteiger partial charge >= 0.3 is 0 Å². The van der Waals surface area contributed by atoms with Gasteiger partial charge in [0.2, 0.25) is 0 Å². The van der Waals surface area contributed by atoms with Gasteiger partial charge in [0.15, 0.2) is 0 Å². The average molecular weight is 269 g/mol. The molecule has 4 rings (SSSR count). The number of nitrogens with two attached hydrogens (primary N) is 1. The summed E-state index contributed by atoms with van der Waals surface area (Å²) in [6.45, 7) is 0.591. The van der Waals surface area contributed by atoms with Crippen LogP contribution in [0.1, 0.15) is 37.1 Å². The van der Waals surface area contributed by atoms with Crippen molar-refractivity contribution >= 4 is 11.0 Å². The van der Waals surface area contributed by atoms with Crippen LogP contribution in [-0.2, 0) is 20.0 Å². The number of fused-ring (bicyclic) bond motifs is 3. The Morgan fingerprint density at radius 1 is 1.30 bits per heavy atom. The molecule has 0 aliphatic heterocycles. The fourth-order valence-corrected chi connectivity index (χ4v) is 4.47. The summed E-state index contributed by atoms with van der Waals surface area (Å²) in [4.78, 5) is 4.88. The molecule has 2 aromatic rings. The Bertz CT molecular complexity index is 643. The van der Waals surface area contributed by atoms with Crippen molar-refractivity contribution < 1.29 is 0 Å². The van der Waals surface area contributed by atoms with E-state index in [-0.39, 0.29) is 0 Å². The molecule has 2 saturated carbocycles. The van der Waals surface area contributed by atoms with Gasteiger partial charge in [-0.2, -0.15) is 0 Å². The molecule has 3 heteroatoms. The number of aryl methyl sites for hydroxylation is 1. The molecule has 2 aliphatic rings. The predicted molar refractivity (Wildman–Crippen MR) is 81.2 cm³/mol. The molecule has 3 unspecified atom stereocenters. The minimum absolute atomic E-state index is 0.591. The van der Waals surface area contributed by atoms with Crippen LogP contribution in [0.4, 0.5) is 0 Å². The van der Waals surface area contributed by atoms with Crippen LogP contribution in [-0.4, -0.2) is 9.55 Å². The van der Waals surface area contributed by atoms with Gasteiger partial charge < -0.3 is 10.3 Å². The Balaban J connectivity index is 1.64. The minimum Gasteiger partial charge on any atom is -0.331 e. The lowest BCUT2D eigenvalue weighted by Gasteiger charge is -2.21. The zero-order valence-electron chi connectivity index (χ0n) is 12.2. The maximum Gasteiger partial charge on any atom is 0.109 e. The van der Waals surface area contributed by atoms with Crippen LogP contribution in [0.3, 0.4) is 0 Å². The lowest BCUT2D eigenvalue weighted by Crippen LogP contribution is -2.15. The molecule has 0 saturated heterocycles. The number of nitrogens with zero attached hydrogens (tertiary/aromatic N) is 2. The molecule has 2 N–H and O–H groups in total. The lowest BCUT2D eigenvalue weighted by molar-refractivity contribution is 0.325. The molecular formula is C17H23N3. The average Bonchev–Trinajstić information content (AvgIpc) is 3.14. The summed E-state index contributed by atoms with van der Waals surface area (Å²) in [5.74, 6) is 4.12. The smallest absolute Gasteiger partial charge is 0.109 e.